The second-order valence-electron chi connectivity index (χ2n) is 4.55. The highest BCUT2D eigenvalue weighted by Gasteiger charge is 2.06. The molecule has 1 aromatic heterocycles. The Morgan fingerprint density at radius 3 is 2.90 bits per heavy atom. The van der Waals surface area contributed by atoms with Crippen LogP contribution in [0.2, 0.25) is 0 Å². The topological polar surface area (TPSA) is 46.2 Å². The monoisotopic (exact) mass is 285 g/mol. The van der Waals surface area contributed by atoms with Crippen LogP contribution >= 0.6 is 0 Å². The van der Waals surface area contributed by atoms with Crippen LogP contribution in [0.1, 0.15) is 32.3 Å². The Kier molecular flexibility index (Phi) is 6.76. The normalized spacial score (nSPS) is 12.1. The van der Waals surface area contributed by atoms with E-state index in [-0.39, 0.29) is 5.88 Å². The predicted octanol–water partition coefficient (Wildman–Crippen LogP) is 3.02. The van der Waals surface area contributed by atoms with Crippen LogP contribution in [0.4, 0.5) is 8.78 Å². The van der Waals surface area contributed by atoms with Crippen molar-refractivity contribution >= 4 is 0 Å². The molecule has 0 aromatic carbocycles. The second-order valence-corrected chi connectivity index (χ2v) is 4.55. The van der Waals surface area contributed by atoms with Gasteiger partial charge in [0.05, 0.1) is 5.82 Å². The lowest BCUT2D eigenvalue weighted by Crippen LogP contribution is -2.32. The lowest BCUT2D eigenvalue weighted by atomic mass is 10.2. The lowest BCUT2D eigenvalue weighted by Gasteiger charge is -2.17. The number of nitrogens with one attached hydrogen (secondary N) is 2. The largest absolute Gasteiger partial charge is 0.417 e. The molecule has 0 saturated heterocycles. The molecule has 2 N–H and O–H groups in total. The van der Waals surface area contributed by atoms with E-state index < -0.39 is 6.61 Å². The Morgan fingerprint density at radius 2 is 2.25 bits per heavy atom. The highest BCUT2D eigenvalue weighted by molar-refractivity contribution is 5.20. The van der Waals surface area contributed by atoms with Gasteiger partial charge in [-0.3, -0.25) is 0 Å². The van der Waals surface area contributed by atoms with Gasteiger partial charge in [-0.25, -0.2) is 4.98 Å². The van der Waals surface area contributed by atoms with Crippen molar-refractivity contribution in [1.29, 1.82) is 0 Å². The highest BCUT2D eigenvalue weighted by atomic mass is 19.3. The van der Waals surface area contributed by atoms with Gasteiger partial charge in [0.2, 0.25) is 5.88 Å². The highest BCUT2D eigenvalue weighted by Crippen LogP contribution is 2.12. The molecule has 0 bridgehead atoms. The summed E-state index contributed by atoms with van der Waals surface area (Å²) in [5, 5.41) is 6.32. The fraction of sp³-hybridized carbons (Fsp3) is 0.500. The van der Waals surface area contributed by atoms with Gasteiger partial charge in [0.15, 0.2) is 0 Å². The van der Waals surface area contributed by atoms with Gasteiger partial charge >= 0.3 is 6.61 Å². The molecule has 0 aliphatic rings. The van der Waals surface area contributed by atoms with Gasteiger partial charge < -0.3 is 15.4 Å². The smallest absolute Gasteiger partial charge is 0.388 e. The zero-order valence-electron chi connectivity index (χ0n) is 11.8. The van der Waals surface area contributed by atoms with Gasteiger partial charge in [0.1, 0.15) is 0 Å². The molecule has 0 saturated carbocycles. The summed E-state index contributed by atoms with van der Waals surface area (Å²) in [5.74, 6) is 0.622. The molecule has 0 amide bonds. The third-order valence-corrected chi connectivity index (χ3v) is 2.66. The van der Waals surface area contributed by atoms with Crippen LogP contribution in [0.15, 0.2) is 30.7 Å². The number of pyridine rings is 1. The third-order valence-electron chi connectivity index (χ3n) is 2.66. The molecular weight excluding hydrogens is 264 g/mol. The standard InChI is InChI=1S/C14H21F2N3O/c1-4-5-10(2)19-11(3)18-9-12-6-7-17-13(8-12)20-14(15)16/h6-8,10,14,18-19H,3-5,9H2,1-2H3/t10-/m1/s1. The van der Waals surface area contributed by atoms with E-state index in [4.69, 9.17) is 0 Å². The molecule has 1 rings (SSSR count). The summed E-state index contributed by atoms with van der Waals surface area (Å²) in [6.07, 6.45) is 3.59. The van der Waals surface area contributed by atoms with Crippen LogP contribution in [0.25, 0.3) is 0 Å². The SMILES string of the molecule is C=C(NCc1ccnc(OC(F)F)c1)N[C@H](C)CCC. The van der Waals surface area contributed by atoms with Crippen molar-refractivity contribution in [2.45, 2.75) is 45.9 Å². The first kappa shape index (κ1) is 16.2. The van der Waals surface area contributed by atoms with E-state index in [0.717, 1.165) is 18.4 Å². The van der Waals surface area contributed by atoms with Gasteiger partial charge in [-0.05, 0) is 25.0 Å². The summed E-state index contributed by atoms with van der Waals surface area (Å²) in [5.41, 5.74) is 0.793. The van der Waals surface area contributed by atoms with E-state index >= 15 is 0 Å². The molecule has 0 unspecified atom stereocenters. The number of aromatic nitrogens is 1. The molecule has 0 spiro atoms. The number of alkyl halides is 2. The van der Waals surface area contributed by atoms with Crippen LogP contribution in [0, 0.1) is 0 Å². The molecular formula is C14H21F2N3O. The van der Waals surface area contributed by atoms with E-state index in [1.54, 1.807) is 6.07 Å². The first-order valence-corrected chi connectivity index (χ1v) is 6.60. The maximum atomic E-state index is 12.1. The van der Waals surface area contributed by atoms with Crippen molar-refractivity contribution in [3.05, 3.63) is 36.3 Å². The summed E-state index contributed by atoms with van der Waals surface area (Å²) in [6, 6.07) is 3.55. The molecule has 4 nitrogen and oxygen atoms in total. The number of hydrogen-bond donors (Lipinski definition) is 2. The zero-order chi connectivity index (χ0) is 15.0. The van der Waals surface area contributed by atoms with Gasteiger partial charge in [-0.15, -0.1) is 0 Å². The molecule has 112 valence electrons. The number of rotatable bonds is 9. The Bertz CT molecular complexity index is 427. The second kappa shape index (κ2) is 8.35. The zero-order valence-corrected chi connectivity index (χ0v) is 11.8. The van der Waals surface area contributed by atoms with Crippen LogP contribution in [-0.2, 0) is 6.54 Å². The van der Waals surface area contributed by atoms with Gasteiger partial charge in [-0.1, -0.05) is 19.9 Å². The quantitative estimate of drug-likeness (QED) is 0.732. The average molecular weight is 285 g/mol. The maximum Gasteiger partial charge on any atom is 0.388 e. The van der Waals surface area contributed by atoms with Gasteiger partial charge in [0, 0.05) is 24.8 Å². The summed E-state index contributed by atoms with van der Waals surface area (Å²) in [6.45, 7) is 5.68. The Hall–Kier alpha value is -1.85. The fourth-order valence-electron chi connectivity index (χ4n) is 1.78. The van der Waals surface area contributed by atoms with E-state index in [2.05, 4.69) is 40.8 Å². The molecule has 1 heterocycles. The molecule has 0 radical (unpaired) electrons. The molecule has 0 aliphatic carbocycles. The van der Waals surface area contributed by atoms with Crippen molar-refractivity contribution in [1.82, 2.24) is 15.6 Å². The maximum absolute atomic E-state index is 12.1. The molecule has 6 heteroatoms. The number of halogens is 2. The van der Waals surface area contributed by atoms with Crippen LogP contribution in [0.3, 0.4) is 0 Å². The minimum absolute atomic E-state index is 0.0859. The molecule has 1 atom stereocenters. The van der Waals surface area contributed by atoms with E-state index in [9.17, 15) is 8.78 Å². The van der Waals surface area contributed by atoms with Crippen molar-refractivity contribution in [2.24, 2.45) is 0 Å². The number of ether oxygens (including phenoxy) is 1. The number of nitrogens with zero attached hydrogens (tertiary/aromatic N) is 1. The summed E-state index contributed by atoms with van der Waals surface area (Å²) in [4.78, 5) is 3.71. The van der Waals surface area contributed by atoms with Crippen molar-refractivity contribution in [3.63, 3.8) is 0 Å². The van der Waals surface area contributed by atoms with Crippen molar-refractivity contribution in [2.75, 3.05) is 0 Å². The van der Waals surface area contributed by atoms with Crippen LogP contribution in [-0.4, -0.2) is 17.6 Å². The Balaban J connectivity index is 2.43. The Morgan fingerprint density at radius 1 is 1.50 bits per heavy atom. The third kappa shape index (κ3) is 6.36. The fourth-order valence-corrected chi connectivity index (χ4v) is 1.78. The molecule has 20 heavy (non-hydrogen) atoms. The first-order chi connectivity index (χ1) is 9.51. The van der Waals surface area contributed by atoms with Gasteiger partial charge in [-0.2, -0.15) is 8.78 Å². The van der Waals surface area contributed by atoms with Crippen LogP contribution in [0.5, 0.6) is 5.88 Å². The summed E-state index contributed by atoms with van der Waals surface area (Å²) in [7, 11) is 0. The predicted molar refractivity (Wildman–Crippen MR) is 74.4 cm³/mol. The minimum atomic E-state index is -2.86. The average Bonchev–Trinajstić information content (AvgIpc) is 2.36. The summed E-state index contributed by atoms with van der Waals surface area (Å²) < 4.78 is 28.4. The lowest BCUT2D eigenvalue weighted by molar-refractivity contribution is -0.0528. The Labute approximate surface area is 118 Å². The summed E-state index contributed by atoms with van der Waals surface area (Å²) >= 11 is 0. The van der Waals surface area contributed by atoms with Crippen molar-refractivity contribution in [3.8, 4) is 5.88 Å². The van der Waals surface area contributed by atoms with Crippen LogP contribution < -0.4 is 15.4 Å². The van der Waals surface area contributed by atoms with E-state index in [1.807, 2.05) is 0 Å². The first-order valence-electron chi connectivity index (χ1n) is 6.60. The van der Waals surface area contributed by atoms with E-state index in [0.29, 0.717) is 18.4 Å². The van der Waals surface area contributed by atoms with Gasteiger partial charge in [0.25, 0.3) is 0 Å². The minimum Gasteiger partial charge on any atom is -0.417 e. The molecule has 0 aliphatic heterocycles. The van der Waals surface area contributed by atoms with Crippen molar-refractivity contribution < 1.29 is 13.5 Å². The number of hydrogen-bond acceptors (Lipinski definition) is 4. The molecule has 0 fully saturated rings. The van der Waals surface area contributed by atoms with E-state index in [1.165, 1.54) is 12.3 Å². The molecule has 1 aromatic rings.